The van der Waals surface area contributed by atoms with E-state index >= 15 is 0 Å². The van der Waals surface area contributed by atoms with E-state index in [0.29, 0.717) is 25.2 Å². The van der Waals surface area contributed by atoms with E-state index in [2.05, 4.69) is 6.07 Å². The lowest BCUT2D eigenvalue weighted by Crippen LogP contribution is -2.22. The molecule has 0 fully saturated rings. The Labute approximate surface area is 126 Å². The van der Waals surface area contributed by atoms with Crippen molar-refractivity contribution in [3.05, 3.63) is 29.6 Å². The molecule has 0 aliphatic carbocycles. The van der Waals surface area contributed by atoms with Gasteiger partial charge in [-0.05, 0) is 51.2 Å². The number of nitrogens with zero attached hydrogens (tertiary/aromatic N) is 1. The summed E-state index contributed by atoms with van der Waals surface area (Å²) in [5.41, 5.74) is 6.38. The fraction of sp³-hybridized carbons (Fsp3) is 0.588. The molecule has 4 heteroatoms. The van der Waals surface area contributed by atoms with Gasteiger partial charge in [0.05, 0.1) is 18.1 Å². The summed E-state index contributed by atoms with van der Waals surface area (Å²) in [6, 6.07) is 7.19. The summed E-state index contributed by atoms with van der Waals surface area (Å²) in [6.07, 6.45) is 2.88. The van der Waals surface area contributed by atoms with Gasteiger partial charge in [0.15, 0.2) is 11.6 Å². The number of nitrogens with two attached hydrogens (primary N) is 1. The Bertz CT molecular complexity index is 494. The molecule has 1 aromatic rings. The van der Waals surface area contributed by atoms with E-state index in [1.54, 1.807) is 6.07 Å². The molecule has 0 heterocycles. The molecule has 0 spiro atoms. The van der Waals surface area contributed by atoms with Crippen LogP contribution in [-0.2, 0) is 6.42 Å². The molecule has 1 rings (SSSR count). The first kappa shape index (κ1) is 17.5. The third-order valence-corrected chi connectivity index (χ3v) is 3.55. The van der Waals surface area contributed by atoms with Gasteiger partial charge in [0.2, 0.25) is 0 Å². The molecule has 3 nitrogen and oxygen atoms in total. The fourth-order valence-corrected chi connectivity index (χ4v) is 2.05. The lowest BCUT2D eigenvalue weighted by atomic mass is 9.90. The van der Waals surface area contributed by atoms with Gasteiger partial charge >= 0.3 is 0 Å². The normalized spacial score (nSPS) is 12.8. The molecule has 0 radical (unpaired) electrons. The molecule has 0 amide bonds. The molecule has 21 heavy (non-hydrogen) atoms. The largest absolute Gasteiger partial charge is 0.490 e. The number of ether oxygens (including phenoxy) is 1. The second kappa shape index (κ2) is 7.99. The second-order valence-corrected chi connectivity index (χ2v) is 6.05. The van der Waals surface area contributed by atoms with Crippen LogP contribution in [0.4, 0.5) is 4.39 Å². The molecule has 1 unspecified atom stereocenters. The second-order valence-electron chi connectivity index (χ2n) is 6.05. The molecular formula is C17H25FN2O. The first-order chi connectivity index (χ1) is 9.89. The Morgan fingerprint density at radius 1 is 1.43 bits per heavy atom. The van der Waals surface area contributed by atoms with E-state index in [0.717, 1.165) is 18.4 Å². The van der Waals surface area contributed by atoms with Gasteiger partial charge in [0.1, 0.15) is 0 Å². The minimum absolute atomic E-state index is 0.00618. The summed E-state index contributed by atoms with van der Waals surface area (Å²) < 4.78 is 19.5. The first-order valence-electron chi connectivity index (χ1n) is 7.46. The quantitative estimate of drug-likeness (QED) is 0.741. The molecule has 0 bridgehead atoms. The van der Waals surface area contributed by atoms with E-state index in [4.69, 9.17) is 15.7 Å². The maximum Gasteiger partial charge on any atom is 0.165 e. The Balaban J connectivity index is 2.64. The van der Waals surface area contributed by atoms with Gasteiger partial charge in [-0.3, -0.25) is 0 Å². The Morgan fingerprint density at radius 3 is 2.76 bits per heavy atom. The van der Waals surface area contributed by atoms with Crippen LogP contribution in [0.3, 0.4) is 0 Å². The highest BCUT2D eigenvalue weighted by atomic mass is 19.1. The summed E-state index contributed by atoms with van der Waals surface area (Å²) in [4.78, 5) is 0. The first-order valence-corrected chi connectivity index (χ1v) is 7.46. The van der Waals surface area contributed by atoms with E-state index in [1.165, 1.54) is 6.07 Å². The Hall–Kier alpha value is -1.60. The van der Waals surface area contributed by atoms with Crippen molar-refractivity contribution in [2.45, 2.75) is 52.5 Å². The number of rotatable bonds is 8. The fourth-order valence-electron chi connectivity index (χ4n) is 2.05. The summed E-state index contributed by atoms with van der Waals surface area (Å²) in [5.74, 6) is -0.0495. The molecule has 1 aromatic carbocycles. The summed E-state index contributed by atoms with van der Waals surface area (Å²) in [7, 11) is 0. The van der Waals surface area contributed by atoms with Crippen molar-refractivity contribution >= 4 is 0 Å². The van der Waals surface area contributed by atoms with Crippen LogP contribution in [-0.4, -0.2) is 12.6 Å². The summed E-state index contributed by atoms with van der Waals surface area (Å²) >= 11 is 0. The number of hydrogen-bond donors (Lipinski definition) is 1. The van der Waals surface area contributed by atoms with Gasteiger partial charge in [0.25, 0.3) is 0 Å². The minimum Gasteiger partial charge on any atom is -0.490 e. The lowest BCUT2D eigenvalue weighted by molar-refractivity contribution is 0.270. The van der Waals surface area contributed by atoms with Crippen LogP contribution in [0.25, 0.3) is 0 Å². The lowest BCUT2D eigenvalue weighted by Gasteiger charge is -2.17. The van der Waals surface area contributed by atoms with Gasteiger partial charge in [-0.15, -0.1) is 0 Å². The summed E-state index contributed by atoms with van der Waals surface area (Å²) in [6.45, 7) is 6.19. The van der Waals surface area contributed by atoms with Gasteiger partial charge in [0, 0.05) is 6.04 Å². The zero-order valence-corrected chi connectivity index (χ0v) is 13.2. The van der Waals surface area contributed by atoms with Crippen LogP contribution in [0, 0.1) is 22.6 Å². The molecule has 0 saturated heterocycles. The van der Waals surface area contributed by atoms with Gasteiger partial charge in [-0.1, -0.05) is 19.1 Å². The maximum absolute atomic E-state index is 13.9. The molecule has 116 valence electrons. The molecule has 0 aliphatic heterocycles. The van der Waals surface area contributed by atoms with Crippen LogP contribution >= 0.6 is 0 Å². The van der Waals surface area contributed by atoms with Crippen LogP contribution in [0.15, 0.2) is 18.2 Å². The van der Waals surface area contributed by atoms with Gasteiger partial charge < -0.3 is 10.5 Å². The van der Waals surface area contributed by atoms with Crippen LogP contribution in [0.5, 0.6) is 5.75 Å². The average Bonchev–Trinajstić information content (AvgIpc) is 2.45. The van der Waals surface area contributed by atoms with E-state index in [-0.39, 0.29) is 17.3 Å². The van der Waals surface area contributed by atoms with Crippen LogP contribution in [0.2, 0.25) is 0 Å². The van der Waals surface area contributed by atoms with Crippen molar-refractivity contribution in [2.24, 2.45) is 11.1 Å². The topological polar surface area (TPSA) is 59.0 Å². The van der Waals surface area contributed by atoms with E-state index in [9.17, 15) is 4.39 Å². The maximum atomic E-state index is 13.9. The third-order valence-electron chi connectivity index (χ3n) is 3.55. The number of benzene rings is 1. The molecule has 0 aromatic heterocycles. The SMILES string of the molecule is CCC(N)Cc1cccc(F)c1OCCCC(C)(C)C#N. The van der Waals surface area contributed by atoms with E-state index in [1.807, 2.05) is 26.8 Å². The molecular weight excluding hydrogens is 267 g/mol. The molecule has 2 N–H and O–H groups in total. The predicted molar refractivity (Wildman–Crippen MR) is 82.5 cm³/mol. The smallest absolute Gasteiger partial charge is 0.165 e. The van der Waals surface area contributed by atoms with Crippen LogP contribution in [0.1, 0.15) is 45.6 Å². The zero-order chi connectivity index (χ0) is 15.9. The number of para-hydroxylation sites is 1. The number of nitriles is 1. The van der Waals surface area contributed by atoms with Crippen molar-refractivity contribution in [1.82, 2.24) is 0 Å². The van der Waals surface area contributed by atoms with Crippen molar-refractivity contribution in [3.8, 4) is 11.8 Å². The highest BCUT2D eigenvalue weighted by Gasteiger charge is 2.17. The van der Waals surface area contributed by atoms with Crippen molar-refractivity contribution in [3.63, 3.8) is 0 Å². The van der Waals surface area contributed by atoms with Crippen LogP contribution < -0.4 is 10.5 Å². The highest BCUT2D eigenvalue weighted by molar-refractivity contribution is 5.35. The average molecular weight is 292 g/mol. The number of hydrogen-bond acceptors (Lipinski definition) is 3. The summed E-state index contributed by atoms with van der Waals surface area (Å²) in [5, 5.41) is 8.96. The van der Waals surface area contributed by atoms with Gasteiger partial charge in [-0.25, -0.2) is 4.39 Å². The van der Waals surface area contributed by atoms with Crippen molar-refractivity contribution in [2.75, 3.05) is 6.61 Å². The van der Waals surface area contributed by atoms with E-state index < -0.39 is 0 Å². The molecule has 0 saturated carbocycles. The Morgan fingerprint density at radius 2 is 2.14 bits per heavy atom. The third kappa shape index (κ3) is 5.73. The standard InChI is InChI=1S/C17H25FN2O/c1-4-14(20)11-13-7-5-8-15(18)16(13)21-10-6-9-17(2,3)12-19/h5,7-8,14H,4,6,9-11,20H2,1-3H3. The van der Waals surface area contributed by atoms with Crippen molar-refractivity contribution in [1.29, 1.82) is 5.26 Å². The molecule has 0 aliphatic rings. The monoisotopic (exact) mass is 292 g/mol. The van der Waals surface area contributed by atoms with Gasteiger partial charge in [-0.2, -0.15) is 5.26 Å². The van der Waals surface area contributed by atoms with Crippen molar-refractivity contribution < 1.29 is 9.13 Å². The predicted octanol–water partition coefficient (Wildman–Crippen LogP) is 3.81. The highest BCUT2D eigenvalue weighted by Crippen LogP contribution is 2.26. The minimum atomic E-state index is -0.369. The number of halogens is 1. The Kier molecular flexibility index (Phi) is 6.64. The zero-order valence-electron chi connectivity index (χ0n) is 13.2. The molecule has 1 atom stereocenters.